The Balaban J connectivity index is 3.39. The van der Waals surface area contributed by atoms with Crippen LogP contribution in [0.1, 0.15) is 20.3 Å². The maximum absolute atomic E-state index is 10.6. The summed E-state index contributed by atoms with van der Waals surface area (Å²) >= 11 is 5.81. The van der Waals surface area contributed by atoms with E-state index >= 15 is 0 Å². The van der Waals surface area contributed by atoms with E-state index in [0.29, 0.717) is 5.92 Å². The van der Waals surface area contributed by atoms with Crippen LogP contribution in [-0.4, -0.2) is 21.6 Å². The first kappa shape index (κ1) is 10.4. The van der Waals surface area contributed by atoms with Crippen LogP contribution in [0, 0.1) is 5.92 Å². The molecule has 0 radical (unpaired) electrons. The van der Waals surface area contributed by atoms with Crippen LogP contribution in [0.3, 0.4) is 0 Å². The molecule has 0 spiro atoms. The second-order valence-electron chi connectivity index (χ2n) is 2.72. The molecule has 0 heterocycles. The maximum atomic E-state index is 10.6. The van der Waals surface area contributed by atoms with Crippen LogP contribution in [0.4, 0.5) is 0 Å². The van der Waals surface area contributed by atoms with Gasteiger partial charge in [0.2, 0.25) is 0 Å². The molecule has 3 atom stereocenters. The molecule has 0 aliphatic rings. The van der Waals surface area contributed by atoms with Gasteiger partial charge in [-0.3, -0.25) is 4.21 Å². The van der Waals surface area contributed by atoms with E-state index in [1.807, 2.05) is 6.92 Å². The van der Waals surface area contributed by atoms with Crippen LogP contribution in [0.25, 0.3) is 0 Å². The second-order valence-corrected chi connectivity index (χ2v) is 4.96. The van der Waals surface area contributed by atoms with Crippen LogP contribution < -0.4 is 0 Å². The van der Waals surface area contributed by atoms with E-state index < -0.39 is 10.8 Å². The molecule has 10 heavy (non-hydrogen) atoms. The first-order valence-electron chi connectivity index (χ1n) is 3.48. The molecule has 0 aromatic heterocycles. The minimum atomic E-state index is -0.661. The Morgan fingerprint density at radius 1 is 1.50 bits per heavy atom. The maximum Gasteiger partial charge on any atom is 0.0333 e. The normalized spacial score (nSPS) is 20.0. The minimum absolute atomic E-state index is 0.198. The third kappa shape index (κ3) is 5.24. The summed E-state index contributed by atoms with van der Waals surface area (Å²) in [5, 5.41) is 0.198. The van der Waals surface area contributed by atoms with Gasteiger partial charge in [-0.05, 0) is 19.3 Å². The zero-order valence-electron chi connectivity index (χ0n) is 6.76. The Hall–Kier alpha value is 0.440. The van der Waals surface area contributed by atoms with Gasteiger partial charge < -0.3 is 0 Å². The molecule has 3 heteroatoms. The molecule has 0 saturated heterocycles. The average molecular weight is 183 g/mol. The van der Waals surface area contributed by atoms with E-state index in [4.69, 9.17) is 11.6 Å². The number of alkyl halides is 1. The van der Waals surface area contributed by atoms with E-state index in [2.05, 4.69) is 6.92 Å². The molecule has 0 bridgehead atoms. The van der Waals surface area contributed by atoms with Crippen molar-refractivity contribution in [3.63, 3.8) is 0 Å². The lowest BCUT2D eigenvalue weighted by Crippen LogP contribution is -2.10. The van der Waals surface area contributed by atoms with Gasteiger partial charge in [0.1, 0.15) is 0 Å². The van der Waals surface area contributed by atoms with Crippen molar-refractivity contribution in [1.29, 1.82) is 0 Å². The Bertz CT molecular complexity index is 114. The van der Waals surface area contributed by atoms with Crippen LogP contribution in [0.2, 0.25) is 0 Å². The molecule has 0 amide bonds. The molecule has 0 aromatic rings. The molecule has 0 fully saturated rings. The summed E-state index contributed by atoms with van der Waals surface area (Å²) in [5.74, 6) is 1.25. The largest absolute Gasteiger partial charge is 0.260 e. The number of hydrogen-bond donors (Lipinski definition) is 0. The Morgan fingerprint density at radius 2 is 2.00 bits per heavy atom. The van der Waals surface area contributed by atoms with E-state index in [1.165, 1.54) is 0 Å². The third-order valence-electron chi connectivity index (χ3n) is 1.64. The summed E-state index contributed by atoms with van der Waals surface area (Å²) in [4.78, 5) is 0. The predicted octanol–water partition coefficient (Wildman–Crippen LogP) is 2.02. The Labute approximate surface area is 70.6 Å². The molecule has 0 aromatic carbocycles. The lowest BCUT2D eigenvalue weighted by molar-refractivity contribution is 0.552. The van der Waals surface area contributed by atoms with E-state index in [1.54, 1.807) is 6.26 Å². The van der Waals surface area contributed by atoms with E-state index in [0.717, 1.165) is 12.2 Å². The quantitative estimate of drug-likeness (QED) is 0.609. The first-order valence-corrected chi connectivity index (χ1v) is 5.64. The summed E-state index contributed by atoms with van der Waals surface area (Å²) in [5.41, 5.74) is 0. The summed E-state index contributed by atoms with van der Waals surface area (Å²) in [6.07, 6.45) is 2.69. The molecule has 0 saturated carbocycles. The van der Waals surface area contributed by atoms with Gasteiger partial charge in [0, 0.05) is 28.2 Å². The highest BCUT2D eigenvalue weighted by molar-refractivity contribution is 7.84. The Morgan fingerprint density at radius 3 is 2.30 bits per heavy atom. The molecular weight excluding hydrogens is 168 g/mol. The van der Waals surface area contributed by atoms with E-state index in [-0.39, 0.29) is 5.38 Å². The van der Waals surface area contributed by atoms with Crippen molar-refractivity contribution in [2.75, 3.05) is 12.0 Å². The van der Waals surface area contributed by atoms with Crippen molar-refractivity contribution in [2.45, 2.75) is 25.6 Å². The lowest BCUT2D eigenvalue weighted by Gasteiger charge is -2.11. The molecule has 0 aliphatic heterocycles. The molecule has 0 rings (SSSR count). The van der Waals surface area contributed by atoms with Crippen molar-refractivity contribution in [3.05, 3.63) is 0 Å². The highest BCUT2D eigenvalue weighted by Gasteiger charge is 2.08. The summed E-state index contributed by atoms with van der Waals surface area (Å²) in [6, 6.07) is 0. The topological polar surface area (TPSA) is 17.1 Å². The van der Waals surface area contributed by atoms with Crippen LogP contribution in [-0.2, 0) is 10.8 Å². The molecule has 1 nitrogen and oxygen atoms in total. The van der Waals surface area contributed by atoms with Gasteiger partial charge >= 0.3 is 0 Å². The van der Waals surface area contributed by atoms with Crippen LogP contribution in [0.5, 0.6) is 0 Å². The summed E-state index contributed by atoms with van der Waals surface area (Å²) in [7, 11) is -0.661. The fourth-order valence-electron chi connectivity index (χ4n) is 0.582. The van der Waals surface area contributed by atoms with Crippen molar-refractivity contribution in [1.82, 2.24) is 0 Å². The summed E-state index contributed by atoms with van der Waals surface area (Å²) < 4.78 is 10.6. The molecule has 3 unspecified atom stereocenters. The van der Waals surface area contributed by atoms with Crippen LogP contribution >= 0.6 is 11.6 Å². The fourth-order valence-corrected chi connectivity index (χ4v) is 1.41. The zero-order valence-corrected chi connectivity index (χ0v) is 8.34. The fraction of sp³-hybridized carbons (Fsp3) is 1.00. The van der Waals surface area contributed by atoms with Gasteiger partial charge in [0.25, 0.3) is 0 Å². The van der Waals surface area contributed by atoms with Gasteiger partial charge in [-0.25, -0.2) is 0 Å². The highest BCUT2D eigenvalue weighted by atomic mass is 35.5. The molecule has 62 valence electrons. The van der Waals surface area contributed by atoms with Crippen molar-refractivity contribution in [2.24, 2.45) is 5.92 Å². The number of hydrogen-bond acceptors (Lipinski definition) is 1. The first-order chi connectivity index (χ1) is 4.54. The number of rotatable bonds is 4. The van der Waals surface area contributed by atoms with Crippen molar-refractivity contribution >= 4 is 22.4 Å². The zero-order chi connectivity index (χ0) is 8.15. The highest BCUT2D eigenvalue weighted by Crippen LogP contribution is 2.13. The Kier molecular flexibility index (Phi) is 5.36. The smallest absolute Gasteiger partial charge is 0.0333 e. The third-order valence-corrected chi connectivity index (χ3v) is 2.89. The molecular formula is C7H15ClOS. The van der Waals surface area contributed by atoms with Gasteiger partial charge in [0.15, 0.2) is 0 Å². The lowest BCUT2D eigenvalue weighted by atomic mass is 10.1. The SMILES string of the molecule is CC(Cl)C(C)CCS(C)=O. The van der Waals surface area contributed by atoms with Crippen molar-refractivity contribution < 1.29 is 4.21 Å². The molecule has 0 N–H and O–H groups in total. The monoisotopic (exact) mass is 182 g/mol. The second kappa shape index (κ2) is 5.14. The van der Waals surface area contributed by atoms with Crippen molar-refractivity contribution in [3.8, 4) is 0 Å². The van der Waals surface area contributed by atoms with Gasteiger partial charge in [-0.1, -0.05) is 6.92 Å². The summed E-state index contributed by atoms with van der Waals surface area (Å²) in [6.45, 7) is 4.06. The van der Waals surface area contributed by atoms with Gasteiger partial charge in [0.05, 0.1) is 0 Å². The predicted molar refractivity (Wildman–Crippen MR) is 48.0 cm³/mol. The van der Waals surface area contributed by atoms with Crippen LogP contribution in [0.15, 0.2) is 0 Å². The van der Waals surface area contributed by atoms with E-state index in [9.17, 15) is 4.21 Å². The van der Waals surface area contributed by atoms with Gasteiger partial charge in [-0.2, -0.15) is 0 Å². The standard InChI is InChI=1S/C7H15ClOS/c1-6(7(2)8)4-5-10(3)9/h6-7H,4-5H2,1-3H3. The van der Waals surface area contributed by atoms with Gasteiger partial charge in [-0.15, -0.1) is 11.6 Å². The average Bonchev–Trinajstić information content (AvgIpc) is 1.82. The minimum Gasteiger partial charge on any atom is -0.260 e. The number of halogens is 1. The molecule has 0 aliphatic carbocycles.